The lowest BCUT2D eigenvalue weighted by atomic mass is 9.95. The molecule has 2 aromatic carbocycles. The third-order valence-corrected chi connectivity index (χ3v) is 5.04. The van der Waals surface area contributed by atoms with Crippen molar-refractivity contribution in [3.8, 4) is 5.75 Å². The van der Waals surface area contributed by atoms with E-state index in [1.54, 1.807) is 0 Å². The predicted octanol–water partition coefficient (Wildman–Crippen LogP) is 2.80. The minimum atomic E-state index is -1.82. The number of fused-ring (bicyclic) bond motifs is 1. The quantitative estimate of drug-likeness (QED) is 0.389. The molecule has 9 heteroatoms. The average molecular weight is 447 g/mol. The van der Waals surface area contributed by atoms with Gasteiger partial charge >= 0.3 is 11.9 Å². The smallest absolute Gasteiger partial charge is 0.414 e. The number of nitrogens with zero attached hydrogens (tertiary/aromatic N) is 1. The van der Waals surface area contributed by atoms with Gasteiger partial charge in [0.15, 0.2) is 0 Å². The minimum absolute atomic E-state index is 0.0976. The van der Waals surface area contributed by atoms with Crippen LogP contribution in [0, 0.1) is 0 Å². The van der Waals surface area contributed by atoms with Crippen molar-refractivity contribution in [1.29, 1.82) is 0 Å². The molecule has 0 amide bonds. The fraction of sp³-hybridized carbons (Fsp3) is 0.318. The number of nitrogens with one attached hydrogen (secondary N) is 1. The van der Waals surface area contributed by atoms with E-state index in [9.17, 15) is 5.11 Å². The lowest BCUT2D eigenvalue weighted by Crippen LogP contribution is -2.46. The molecule has 4 N–H and O–H groups in total. The summed E-state index contributed by atoms with van der Waals surface area (Å²) in [5.74, 6) is -2.88. The minimum Gasteiger partial charge on any atom is -0.490 e. The van der Waals surface area contributed by atoms with E-state index in [1.165, 1.54) is 17.1 Å². The summed E-state index contributed by atoms with van der Waals surface area (Å²) in [5, 5.41) is 29.5. The van der Waals surface area contributed by atoms with Crippen molar-refractivity contribution in [3.05, 3.63) is 60.3 Å². The van der Waals surface area contributed by atoms with E-state index < -0.39 is 18.0 Å². The van der Waals surface area contributed by atoms with Crippen molar-refractivity contribution >= 4 is 33.6 Å². The van der Waals surface area contributed by atoms with Crippen LogP contribution in [0.4, 0.5) is 0 Å². The number of carboxylic acids is 2. The molecule has 1 atom stereocenters. The molecule has 0 radical (unpaired) electrons. The number of carbonyl (C=O) groups is 2. The molecule has 3 rings (SSSR count). The number of benzene rings is 2. The first-order valence-corrected chi connectivity index (χ1v) is 10.3. The van der Waals surface area contributed by atoms with E-state index in [2.05, 4.69) is 35.7 Å². The van der Waals surface area contributed by atoms with Gasteiger partial charge in [0.1, 0.15) is 18.5 Å². The predicted molar refractivity (Wildman–Crippen MR) is 119 cm³/mol. The van der Waals surface area contributed by atoms with Crippen LogP contribution in [0.15, 0.2) is 54.7 Å². The van der Waals surface area contributed by atoms with Crippen molar-refractivity contribution in [3.63, 3.8) is 0 Å². The van der Waals surface area contributed by atoms with Crippen molar-refractivity contribution in [2.24, 2.45) is 0 Å². The van der Waals surface area contributed by atoms with Gasteiger partial charge in [0.2, 0.25) is 0 Å². The Morgan fingerprint density at radius 1 is 1.10 bits per heavy atom. The van der Waals surface area contributed by atoms with Gasteiger partial charge in [0.05, 0.1) is 16.3 Å². The zero-order valence-electron chi connectivity index (χ0n) is 17.3. The summed E-state index contributed by atoms with van der Waals surface area (Å²) < 4.78 is 11.1. The molecule has 1 heterocycles. The molecule has 0 fully saturated rings. The zero-order chi connectivity index (χ0) is 22.9. The number of aliphatic hydroxyl groups excluding tert-OH is 1. The maximum atomic E-state index is 10.3. The first kappa shape index (κ1) is 24.3. The summed E-state index contributed by atoms with van der Waals surface area (Å²) in [6.45, 7) is 5.03. The Labute approximate surface area is 184 Å². The van der Waals surface area contributed by atoms with Crippen LogP contribution < -0.4 is 10.1 Å². The molecule has 0 aliphatic carbocycles. The van der Waals surface area contributed by atoms with Crippen molar-refractivity contribution in [2.75, 3.05) is 13.2 Å². The summed E-state index contributed by atoms with van der Waals surface area (Å²) in [5.41, 5.74) is 1.18. The summed E-state index contributed by atoms with van der Waals surface area (Å²) in [7, 11) is 0. The number of aliphatic hydroxyl groups is 1. The number of aliphatic carboxylic acids is 2. The Hall–Kier alpha value is -3.01. The highest BCUT2D eigenvalue weighted by Gasteiger charge is 2.19. The van der Waals surface area contributed by atoms with Gasteiger partial charge in [-0.15, -0.1) is 0 Å². The fourth-order valence-corrected chi connectivity index (χ4v) is 3.46. The lowest BCUT2D eigenvalue weighted by molar-refractivity contribution is -0.159. The van der Waals surface area contributed by atoms with E-state index in [4.69, 9.17) is 24.5 Å². The third-order valence-electron chi connectivity index (χ3n) is 4.28. The van der Waals surface area contributed by atoms with Crippen LogP contribution in [-0.2, 0) is 16.0 Å². The fourth-order valence-electron chi connectivity index (χ4n) is 2.80. The number of aromatic nitrogens is 1. The van der Waals surface area contributed by atoms with Crippen LogP contribution in [-0.4, -0.2) is 56.4 Å². The second kappa shape index (κ2) is 11.4. The second-order valence-corrected chi connectivity index (χ2v) is 8.33. The normalized spacial score (nSPS) is 12.0. The monoisotopic (exact) mass is 446 g/mol. The highest BCUT2D eigenvalue weighted by molar-refractivity contribution is 7.13. The van der Waals surface area contributed by atoms with Gasteiger partial charge < -0.3 is 25.4 Å². The van der Waals surface area contributed by atoms with Crippen LogP contribution in [0.3, 0.4) is 0 Å². The summed E-state index contributed by atoms with van der Waals surface area (Å²) in [4.78, 5) is 18.2. The number of hydrogen-bond donors (Lipinski definition) is 4. The topological polar surface area (TPSA) is 129 Å². The van der Waals surface area contributed by atoms with Crippen LogP contribution >= 0.6 is 11.5 Å². The van der Waals surface area contributed by atoms with Crippen molar-refractivity contribution in [1.82, 2.24) is 9.69 Å². The molecule has 1 aromatic heterocycles. The van der Waals surface area contributed by atoms with Gasteiger partial charge in [-0.2, -0.15) is 4.37 Å². The Morgan fingerprint density at radius 2 is 1.77 bits per heavy atom. The Bertz CT molecular complexity index is 978. The second-order valence-electron chi connectivity index (χ2n) is 7.50. The van der Waals surface area contributed by atoms with Gasteiger partial charge in [-0.05, 0) is 49.5 Å². The van der Waals surface area contributed by atoms with Crippen LogP contribution in [0.1, 0.15) is 19.4 Å². The highest BCUT2D eigenvalue weighted by atomic mass is 32.1. The molecule has 0 saturated carbocycles. The van der Waals surface area contributed by atoms with Gasteiger partial charge in [0.25, 0.3) is 0 Å². The Kier molecular flexibility index (Phi) is 8.92. The summed E-state index contributed by atoms with van der Waals surface area (Å²) in [6, 6.07) is 16.2. The van der Waals surface area contributed by atoms with E-state index in [-0.39, 0.29) is 12.1 Å². The molecule has 0 aliphatic heterocycles. The standard InChI is InChI=1S/C20H24N2O2S.C2H2O4/c1-20(2,11-15-7-4-3-5-8-15)21-12-16(23)14-24-18-9-6-10-19-17(18)13-22-25-19;3-1(4)2(5)6/h3-10,13,16,21,23H,11-12,14H2,1-2H3;(H,3,4)(H,5,6). The molecular formula is C22H26N2O6S. The number of β-amino-alcohol motifs (C(OH)–C–C–N with tert-alkyl or cyclic N) is 1. The van der Waals surface area contributed by atoms with Gasteiger partial charge in [-0.1, -0.05) is 36.4 Å². The molecule has 0 aliphatic rings. The van der Waals surface area contributed by atoms with E-state index in [1.807, 2.05) is 42.6 Å². The first-order valence-electron chi connectivity index (χ1n) is 9.57. The molecule has 0 saturated heterocycles. The van der Waals surface area contributed by atoms with Crippen LogP contribution in [0.25, 0.3) is 10.1 Å². The van der Waals surface area contributed by atoms with Crippen LogP contribution in [0.5, 0.6) is 5.75 Å². The van der Waals surface area contributed by atoms with Crippen molar-refractivity contribution < 1.29 is 29.6 Å². The van der Waals surface area contributed by atoms with E-state index >= 15 is 0 Å². The number of hydrogen-bond acceptors (Lipinski definition) is 7. The molecular weight excluding hydrogens is 420 g/mol. The van der Waals surface area contributed by atoms with Gasteiger partial charge in [-0.3, -0.25) is 0 Å². The summed E-state index contributed by atoms with van der Waals surface area (Å²) in [6.07, 6.45) is 2.14. The molecule has 166 valence electrons. The highest BCUT2D eigenvalue weighted by Crippen LogP contribution is 2.27. The third kappa shape index (κ3) is 8.33. The maximum Gasteiger partial charge on any atom is 0.414 e. The zero-order valence-corrected chi connectivity index (χ0v) is 18.1. The van der Waals surface area contributed by atoms with E-state index in [0.717, 1.165) is 22.3 Å². The van der Waals surface area contributed by atoms with Crippen LogP contribution in [0.2, 0.25) is 0 Å². The molecule has 1 unspecified atom stereocenters. The summed E-state index contributed by atoms with van der Waals surface area (Å²) >= 11 is 1.45. The molecule has 0 bridgehead atoms. The van der Waals surface area contributed by atoms with Gasteiger partial charge in [0, 0.05) is 12.1 Å². The number of rotatable bonds is 8. The molecule has 3 aromatic rings. The van der Waals surface area contributed by atoms with Gasteiger partial charge in [-0.25, -0.2) is 9.59 Å². The Balaban J connectivity index is 0.000000501. The molecule has 31 heavy (non-hydrogen) atoms. The number of carboxylic acid groups (broad SMARTS) is 2. The number of ether oxygens (including phenoxy) is 1. The molecule has 8 nitrogen and oxygen atoms in total. The largest absolute Gasteiger partial charge is 0.490 e. The van der Waals surface area contributed by atoms with Crippen molar-refractivity contribution in [2.45, 2.75) is 31.9 Å². The SMILES string of the molecule is CC(C)(Cc1ccccc1)NCC(O)COc1cccc2sncc12.O=C(O)C(=O)O. The molecule has 0 spiro atoms. The Morgan fingerprint density at radius 3 is 2.42 bits per heavy atom. The average Bonchev–Trinajstić information content (AvgIpc) is 3.21. The first-order chi connectivity index (χ1) is 14.7. The lowest BCUT2D eigenvalue weighted by Gasteiger charge is -2.28. The maximum absolute atomic E-state index is 10.3. The van der Waals surface area contributed by atoms with E-state index in [0.29, 0.717) is 6.54 Å².